The van der Waals surface area contributed by atoms with E-state index in [9.17, 15) is 0 Å². The van der Waals surface area contributed by atoms with Crippen molar-refractivity contribution >= 4 is 33.6 Å². The number of para-hydroxylation sites is 1. The van der Waals surface area contributed by atoms with Crippen molar-refractivity contribution in [3.05, 3.63) is 36.5 Å². The van der Waals surface area contributed by atoms with Gasteiger partial charge in [0.15, 0.2) is 0 Å². The maximum absolute atomic E-state index is 4.35. The summed E-state index contributed by atoms with van der Waals surface area (Å²) in [4.78, 5) is 7.77. The van der Waals surface area contributed by atoms with Crippen LogP contribution in [0.2, 0.25) is 0 Å². The van der Waals surface area contributed by atoms with Crippen LogP contribution in [0.15, 0.2) is 41.6 Å². The summed E-state index contributed by atoms with van der Waals surface area (Å²) in [6.45, 7) is 0. The molecule has 0 aliphatic heterocycles. The van der Waals surface area contributed by atoms with Gasteiger partial charge in [0.05, 0.1) is 5.52 Å². The van der Waals surface area contributed by atoms with E-state index in [1.807, 2.05) is 18.5 Å². The molecule has 2 aromatic heterocycles. The van der Waals surface area contributed by atoms with Crippen molar-refractivity contribution in [2.75, 3.05) is 6.26 Å². The number of nitrogens with one attached hydrogen (secondary N) is 1. The number of rotatable bonds is 1. The molecule has 0 aliphatic carbocycles. The minimum absolute atomic E-state index is 1.06. The molecular weight excluding hydrogens is 204 g/mol. The third-order valence-electron chi connectivity index (χ3n) is 2.59. The maximum Gasteiger partial charge on any atom is 0.120 e. The molecule has 74 valence electrons. The number of thioether (sulfide) groups is 1. The molecule has 1 N–H and O–H groups in total. The van der Waals surface area contributed by atoms with Gasteiger partial charge in [-0.2, -0.15) is 0 Å². The van der Waals surface area contributed by atoms with Crippen LogP contribution in [0.25, 0.3) is 21.8 Å². The molecule has 2 nitrogen and oxygen atoms in total. The van der Waals surface area contributed by atoms with Crippen molar-refractivity contribution in [3.63, 3.8) is 0 Å². The average molecular weight is 214 g/mol. The molecule has 0 radical (unpaired) electrons. The Hall–Kier alpha value is -1.48. The van der Waals surface area contributed by atoms with Gasteiger partial charge in [0.25, 0.3) is 0 Å². The summed E-state index contributed by atoms with van der Waals surface area (Å²) in [6.07, 6.45) is 3.92. The topological polar surface area (TPSA) is 28.7 Å². The number of H-pyrrole nitrogens is 1. The molecule has 0 saturated carbocycles. The van der Waals surface area contributed by atoms with E-state index in [0.29, 0.717) is 0 Å². The maximum atomic E-state index is 4.35. The summed E-state index contributed by atoms with van der Waals surface area (Å²) in [5, 5.41) is 3.58. The second-order valence-electron chi connectivity index (χ2n) is 3.41. The van der Waals surface area contributed by atoms with E-state index in [2.05, 4.69) is 34.2 Å². The van der Waals surface area contributed by atoms with E-state index in [1.54, 1.807) is 11.8 Å². The highest BCUT2D eigenvalue weighted by atomic mass is 32.2. The molecule has 0 bridgehead atoms. The number of fused-ring (bicyclic) bond motifs is 3. The Kier molecular flexibility index (Phi) is 1.92. The fraction of sp³-hybridized carbons (Fsp3) is 0.0833. The van der Waals surface area contributed by atoms with E-state index >= 15 is 0 Å². The molecule has 0 saturated heterocycles. The Labute approximate surface area is 91.7 Å². The van der Waals surface area contributed by atoms with E-state index < -0.39 is 0 Å². The SMILES string of the molecule is CSc1nccc2c1[nH]c1ccccc12. The molecule has 3 aromatic rings. The van der Waals surface area contributed by atoms with Crippen LogP contribution in [-0.4, -0.2) is 16.2 Å². The normalized spacial score (nSPS) is 11.3. The van der Waals surface area contributed by atoms with E-state index in [-0.39, 0.29) is 0 Å². The van der Waals surface area contributed by atoms with Crippen LogP contribution in [0, 0.1) is 0 Å². The summed E-state index contributed by atoms with van der Waals surface area (Å²) in [5.74, 6) is 0. The Morgan fingerprint density at radius 1 is 1.13 bits per heavy atom. The van der Waals surface area contributed by atoms with Gasteiger partial charge in [0.2, 0.25) is 0 Å². The second kappa shape index (κ2) is 3.28. The molecule has 2 heterocycles. The summed E-state index contributed by atoms with van der Waals surface area (Å²) in [7, 11) is 0. The molecule has 0 unspecified atom stereocenters. The molecule has 0 atom stereocenters. The third kappa shape index (κ3) is 1.23. The predicted molar refractivity (Wildman–Crippen MR) is 65.4 cm³/mol. The van der Waals surface area contributed by atoms with Gasteiger partial charge in [-0.25, -0.2) is 4.98 Å². The highest BCUT2D eigenvalue weighted by Crippen LogP contribution is 2.29. The summed E-state index contributed by atoms with van der Waals surface area (Å²) >= 11 is 1.67. The van der Waals surface area contributed by atoms with Crippen molar-refractivity contribution < 1.29 is 0 Å². The minimum Gasteiger partial charge on any atom is -0.352 e. The van der Waals surface area contributed by atoms with Gasteiger partial charge in [0, 0.05) is 22.5 Å². The molecule has 15 heavy (non-hydrogen) atoms. The van der Waals surface area contributed by atoms with Crippen LogP contribution in [-0.2, 0) is 0 Å². The Bertz CT molecular complexity index is 628. The Morgan fingerprint density at radius 2 is 2.00 bits per heavy atom. The molecule has 0 amide bonds. The number of hydrogen-bond donors (Lipinski definition) is 1. The first-order valence-corrected chi connectivity index (χ1v) is 6.02. The lowest BCUT2D eigenvalue weighted by atomic mass is 10.2. The summed E-state index contributed by atoms with van der Waals surface area (Å²) in [6, 6.07) is 10.4. The standard InChI is InChI=1S/C12H10N2S/c1-15-12-11-9(6-7-13-12)8-4-2-3-5-10(8)14-11/h2-7,14H,1H3. The third-order valence-corrected chi connectivity index (χ3v) is 3.28. The van der Waals surface area contributed by atoms with Crippen LogP contribution >= 0.6 is 11.8 Å². The van der Waals surface area contributed by atoms with E-state index in [1.165, 1.54) is 16.3 Å². The van der Waals surface area contributed by atoms with Gasteiger partial charge in [0.1, 0.15) is 5.03 Å². The molecular formula is C12H10N2S. The smallest absolute Gasteiger partial charge is 0.120 e. The van der Waals surface area contributed by atoms with Gasteiger partial charge in [-0.3, -0.25) is 0 Å². The number of hydrogen-bond acceptors (Lipinski definition) is 2. The quantitative estimate of drug-likeness (QED) is 0.629. The average Bonchev–Trinajstić information content (AvgIpc) is 2.67. The van der Waals surface area contributed by atoms with Crippen molar-refractivity contribution in [2.24, 2.45) is 0 Å². The zero-order chi connectivity index (χ0) is 10.3. The van der Waals surface area contributed by atoms with Crippen molar-refractivity contribution in [1.82, 2.24) is 9.97 Å². The lowest BCUT2D eigenvalue weighted by Gasteiger charge is -1.96. The van der Waals surface area contributed by atoms with E-state index in [0.717, 1.165) is 10.5 Å². The fourth-order valence-electron chi connectivity index (χ4n) is 1.90. The molecule has 0 fully saturated rings. The first kappa shape index (κ1) is 8.80. The number of pyridine rings is 1. The minimum atomic E-state index is 1.06. The molecule has 0 aliphatic rings. The van der Waals surface area contributed by atoms with Gasteiger partial charge in [-0.15, -0.1) is 11.8 Å². The zero-order valence-corrected chi connectivity index (χ0v) is 9.14. The van der Waals surface area contributed by atoms with Crippen LogP contribution < -0.4 is 0 Å². The van der Waals surface area contributed by atoms with Crippen molar-refractivity contribution in [1.29, 1.82) is 0 Å². The van der Waals surface area contributed by atoms with Crippen LogP contribution in [0.3, 0.4) is 0 Å². The van der Waals surface area contributed by atoms with Gasteiger partial charge >= 0.3 is 0 Å². The molecule has 0 spiro atoms. The number of nitrogens with zero attached hydrogens (tertiary/aromatic N) is 1. The molecule has 1 aromatic carbocycles. The van der Waals surface area contributed by atoms with Crippen molar-refractivity contribution in [3.8, 4) is 0 Å². The highest BCUT2D eigenvalue weighted by molar-refractivity contribution is 7.98. The Balaban J connectivity index is 2.53. The van der Waals surface area contributed by atoms with Crippen LogP contribution in [0.4, 0.5) is 0 Å². The lowest BCUT2D eigenvalue weighted by Crippen LogP contribution is -1.79. The van der Waals surface area contributed by atoms with E-state index in [4.69, 9.17) is 0 Å². The first-order chi connectivity index (χ1) is 7.40. The zero-order valence-electron chi connectivity index (χ0n) is 8.32. The summed E-state index contributed by atoms with van der Waals surface area (Å²) < 4.78 is 0. The number of benzene rings is 1. The predicted octanol–water partition coefficient (Wildman–Crippen LogP) is 3.44. The molecule has 3 rings (SSSR count). The first-order valence-electron chi connectivity index (χ1n) is 4.79. The highest BCUT2D eigenvalue weighted by Gasteiger charge is 2.06. The van der Waals surface area contributed by atoms with Crippen molar-refractivity contribution in [2.45, 2.75) is 5.03 Å². The van der Waals surface area contributed by atoms with Crippen LogP contribution in [0.5, 0.6) is 0 Å². The molecule has 3 heteroatoms. The van der Waals surface area contributed by atoms with Gasteiger partial charge in [-0.1, -0.05) is 18.2 Å². The largest absolute Gasteiger partial charge is 0.352 e. The Morgan fingerprint density at radius 3 is 2.87 bits per heavy atom. The monoisotopic (exact) mass is 214 g/mol. The van der Waals surface area contributed by atoms with Crippen LogP contribution in [0.1, 0.15) is 0 Å². The lowest BCUT2D eigenvalue weighted by molar-refractivity contribution is 1.16. The number of aromatic nitrogens is 2. The fourth-order valence-corrected chi connectivity index (χ4v) is 2.44. The number of aromatic amines is 1. The second-order valence-corrected chi connectivity index (χ2v) is 4.21. The summed E-state index contributed by atoms with van der Waals surface area (Å²) in [5.41, 5.74) is 2.32. The van der Waals surface area contributed by atoms with Gasteiger partial charge in [-0.05, 0) is 18.4 Å². The van der Waals surface area contributed by atoms with Gasteiger partial charge < -0.3 is 4.98 Å².